The molecule has 0 unspecified atom stereocenters. The largest absolute Gasteiger partial charge is 1.00 e. The predicted molar refractivity (Wildman–Crippen MR) is 206 cm³/mol. The Balaban J connectivity index is 0.00000352. The van der Waals surface area contributed by atoms with Crippen LogP contribution in [0.15, 0.2) is 102 Å². The standard InChI is InChI=1S/C41H40BF2N5O11.4Na/c1-26-16-35(28-6-3-2-4-7-28)49-34(26)20-31-17-27(21-48(31)42(49,43)44)10-13-37(50)45-29-11-12-33(47(24-40(55)56)25-41(57)58)36(18-29)60-15-14-59-32-9-5-8-30(19-32)46(22-38(51)52)23-39(53)54;;;;/h2-9,11-12,16-21H,10,13-15,22-25H2,1H3,(H,45,50)(H,51,52)(H,53,54)(H,55,56)(H,57,58);;;;/q;4*+1/p-4. The summed E-state index contributed by atoms with van der Waals surface area (Å²) in [7, 11) is 0. The summed E-state index contributed by atoms with van der Waals surface area (Å²) in [6, 6.07) is 20.4. The van der Waals surface area contributed by atoms with E-state index in [1.807, 2.05) is 6.07 Å². The van der Waals surface area contributed by atoms with Gasteiger partial charge in [-0.05, 0) is 67.6 Å². The number of anilines is 3. The van der Waals surface area contributed by atoms with Crippen LogP contribution >= 0.6 is 0 Å². The topological polar surface area (TPSA) is 223 Å². The fourth-order valence-electron chi connectivity index (χ4n) is 6.98. The number of hydrogen-bond donors (Lipinski definition) is 1. The Hall–Kier alpha value is -3.44. The summed E-state index contributed by atoms with van der Waals surface area (Å²) in [4.78, 5) is 60.4. The maximum atomic E-state index is 16.2. The summed E-state index contributed by atoms with van der Waals surface area (Å²) in [5.41, 5.74) is 3.27. The molecule has 2 aliphatic heterocycles. The maximum absolute atomic E-state index is 16.2. The molecule has 6 rings (SSSR count). The zero-order valence-corrected chi connectivity index (χ0v) is 44.0. The number of carboxylic acids is 4. The first-order valence-corrected chi connectivity index (χ1v) is 18.5. The van der Waals surface area contributed by atoms with E-state index in [1.165, 1.54) is 48.7 Å². The quantitative estimate of drug-likeness (QED) is 0.0644. The van der Waals surface area contributed by atoms with E-state index in [4.69, 9.17) is 9.47 Å². The van der Waals surface area contributed by atoms with E-state index in [1.54, 1.807) is 49.4 Å². The number of nitrogens with one attached hydrogen (secondary N) is 1. The van der Waals surface area contributed by atoms with Crippen LogP contribution in [-0.4, -0.2) is 90.8 Å². The number of fused-ring (bicyclic) bond motifs is 2. The number of hydrogen-bond acceptors (Lipinski definition) is 13. The summed E-state index contributed by atoms with van der Waals surface area (Å²) in [6.45, 7) is -6.07. The smallest absolute Gasteiger partial charge is 0.548 e. The van der Waals surface area contributed by atoms with Gasteiger partial charge in [-0.2, -0.15) is 0 Å². The van der Waals surface area contributed by atoms with Gasteiger partial charge in [-0.15, -0.1) is 0 Å². The van der Waals surface area contributed by atoms with Gasteiger partial charge in [0.1, 0.15) is 24.7 Å². The molecule has 3 aromatic carbocycles. The van der Waals surface area contributed by atoms with Gasteiger partial charge >= 0.3 is 125 Å². The van der Waals surface area contributed by atoms with Gasteiger partial charge in [0.05, 0.1) is 55.7 Å². The first kappa shape index (κ1) is 56.7. The van der Waals surface area contributed by atoms with Crippen LogP contribution in [0.1, 0.15) is 30.2 Å². The fourth-order valence-corrected chi connectivity index (χ4v) is 6.98. The molecule has 16 nitrogen and oxygen atoms in total. The van der Waals surface area contributed by atoms with Gasteiger partial charge in [0.2, 0.25) is 5.91 Å². The van der Waals surface area contributed by atoms with Crippen LogP contribution in [0, 0.1) is 0 Å². The summed E-state index contributed by atoms with van der Waals surface area (Å²) >= 11 is 0. The second kappa shape index (κ2) is 25.5. The molecule has 2 aliphatic rings. The van der Waals surface area contributed by atoms with E-state index in [-0.39, 0.29) is 173 Å². The fraction of sp³-hybridized carbons (Fsp3) is 0.220. The van der Waals surface area contributed by atoms with Crippen molar-refractivity contribution in [3.63, 3.8) is 0 Å². The molecule has 0 spiro atoms. The molecule has 3 heterocycles. The number of aliphatic carboxylic acids is 4. The third kappa shape index (κ3) is 14.5. The average molecular weight is 916 g/mol. The molecule has 4 aromatic rings. The third-order valence-electron chi connectivity index (χ3n) is 9.51. The molecule has 0 fully saturated rings. The number of halogens is 2. The van der Waals surface area contributed by atoms with Gasteiger partial charge < -0.3 is 81.8 Å². The summed E-state index contributed by atoms with van der Waals surface area (Å²) in [5, 5.41) is 48.0. The summed E-state index contributed by atoms with van der Waals surface area (Å²) < 4.78 is 45.9. The van der Waals surface area contributed by atoms with Gasteiger partial charge in [0.15, 0.2) is 11.4 Å². The van der Waals surface area contributed by atoms with Crippen molar-refractivity contribution in [1.82, 2.24) is 4.48 Å². The van der Waals surface area contributed by atoms with Crippen LogP contribution in [0.4, 0.5) is 25.7 Å². The van der Waals surface area contributed by atoms with Crippen molar-refractivity contribution >= 4 is 65.6 Å². The molecule has 312 valence electrons. The number of allylic oxidation sites excluding steroid dienone is 2. The first-order valence-electron chi connectivity index (χ1n) is 18.5. The molecular weight excluding hydrogens is 879 g/mol. The molecule has 0 atom stereocenters. The molecule has 0 radical (unpaired) electrons. The second-order valence-electron chi connectivity index (χ2n) is 13.9. The van der Waals surface area contributed by atoms with Crippen LogP contribution in [-0.2, 0) is 30.4 Å². The molecule has 0 aliphatic carbocycles. The molecule has 0 saturated heterocycles. The predicted octanol–water partition coefficient (Wildman–Crippen LogP) is -12.8. The van der Waals surface area contributed by atoms with Crippen molar-refractivity contribution in [3.8, 4) is 11.5 Å². The summed E-state index contributed by atoms with van der Waals surface area (Å²) in [5.74, 6) is -6.60. The normalized spacial score (nSPS) is 12.8. The maximum Gasteiger partial charge on any atom is 1.00 e. The van der Waals surface area contributed by atoms with Crippen molar-refractivity contribution in [3.05, 3.63) is 119 Å². The Morgan fingerprint density at radius 3 is 1.97 bits per heavy atom. The molecule has 23 heteroatoms. The SMILES string of the molecule is CC1=CC(c2ccccc2)=[N+]2C1=Cc1cc(CCC(=O)Nc3ccc(N(CC(=O)[O-])CC(=O)[O-])c(OCCOc4cccc(N(CC(=O)[O-])CC(=O)[O-])c4)c3)cn1[B-]2(F)F.[Na+].[Na+].[Na+].[Na+]. The van der Waals surface area contributed by atoms with Crippen LogP contribution in [0.2, 0.25) is 0 Å². The minimum absolute atomic E-state index is 0. The number of amides is 1. The molecule has 1 aromatic heterocycles. The van der Waals surface area contributed by atoms with Crippen LogP contribution in [0.5, 0.6) is 11.5 Å². The van der Waals surface area contributed by atoms with E-state index < -0.39 is 62.9 Å². The van der Waals surface area contributed by atoms with Gasteiger partial charge in [-0.25, -0.2) is 0 Å². The number of carboxylic acid groups (broad SMARTS) is 4. The summed E-state index contributed by atoms with van der Waals surface area (Å²) in [6.07, 6.45) is 4.76. The second-order valence-corrected chi connectivity index (χ2v) is 13.9. The molecule has 0 saturated carbocycles. The molecule has 0 bridgehead atoms. The zero-order valence-electron chi connectivity index (χ0n) is 36.0. The Morgan fingerprint density at radius 1 is 0.734 bits per heavy atom. The van der Waals surface area contributed by atoms with Gasteiger partial charge in [-0.3, -0.25) is 4.79 Å². The van der Waals surface area contributed by atoms with Crippen LogP contribution < -0.4 is 163 Å². The number of aryl methyl sites for hydroxylation is 1. The average Bonchev–Trinajstić information content (AvgIpc) is 3.77. The Labute approximate surface area is 455 Å². The van der Waals surface area contributed by atoms with Crippen LogP contribution in [0.25, 0.3) is 6.08 Å². The van der Waals surface area contributed by atoms with Gasteiger partial charge in [0.25, 0.3) is 0 Å². The van der Waals surface area contributed by atoms with Crippen molar-refractivity contribution in [2.75, 3.05) is 54.5 Å². The minimum Gasteiger partial charge on any atom is -0.548 e. The van der Waals surface area contributed by atoms with E-state index >= 15 is 8.63 Å². The number of benzene rings is 3. The van der Waals surface area contributed by atoms with E-state index in [2.05, 4.69) is 5.32 Å². The minimum atomic E-state index is -4.27. The van der Waals surface area contributed by atoms with Gasteiger partial charge in [-0.1, -0.05) is 24.3 Å². The third-order valence-corrected chi connectivity index (χ3v) is 9.51. The number of aromatic nitrogens is 1. The number of ether oxygens (including phenoxy) is 2. The van der Waals surface area contributed by atoms with Crippen molar-refractivity contribution in [1.29, 1.82) is 0 Å². The van der Waals surface area contributed by atoms with Crippen molar-refractivity contribution < 1.29 is 185 Å². The molecule has 64 heavy (non-hydrogen) atoms. The molecule has 1 amide bonds. The molecular formula is C41H36BF2N5Na4O11. The van der Waals surface area contributed by atoms with Crippen molar-refractivity contribution in [2.24, 2.45) is 0 Å². The van der Waals surface area contributed by atoms with E-state index in [9.17, 15) is 44.4 Å². The number of carbonyl (C=O) groups is 5. The van der Waals surface area contributed by atoms with E-state index in [0.717, 1.165) is 18.8 Å². The number of carbonyl (C=O) groups excluding carboxylic acids is 5. The Kier molecular flexibility index (Phi) is 22.6. The Morgan fingerprint density at radius 2 is 1.34 bits per heavy atom. The van der Waals surface area contributed by atoms with Gasteiger partial charge in [0, 0.05) is 58.9 Å². The number of nitrogens with zero attached hydrogens (tertiary/aromatic N) is 4. The van der Waals surface area contributed by atoms with Crippen LogP contribution in [0.3, 0.4) is 0 Å². The van der Waals surface area contributed by atoms with E-state index in [0.29, 0.717) is 33.8 Å². The van der Waals surface area contributed by atoms with Crippen molar-refractivity contribution in [2.45, 2.75) is 19.8 Å². The first-order chi connectivity index (χ1) is 28.6. The Bertz CT molecular complexity index is 2420. The molecule has 1 N–H and O–H groups in total. The zero-order chi connectivity index (χ0) is 43.1. The monoisotopic (exact) mass is 915 g/mol. The number of rotatable bonds is 20.